The molecule has 0 unspecified atom stereocenters. The fraction of sp³-hybridized carbons (Fsp3) is 0.130. The number of nitro benzene ring substituents is 1. The number of para-hydroxylation sites is 1. The van der Waals surface area contributed by atoms with E-state index in [0.29, 0.717) is 22.2 Å². The molecule has 0 saturated heterocycles. The van der Waals surface area contributed by atoms with E-state index in [9.17, 15) is 10.1 Å². The Hall–Kier alpha value is -3.69. The van der Waals surface area contributed by atoms with Gasteiger partial charge in [0, 0.05) is 40.3 Å². The Labute approximate surface area is 188 Å². The molecule has 0 amide bonds. The number of hydrogen-bond donors (Lipinski definition) is 0. The minimum absolute atomic E-state index is 0.0166. The highest BCUT2D eigenvalue weighted by Crippen LogP contribution is 2.37. The highest BCUT2D eigenvalue weighted by molar-refractivity contribution is 7.98. The van der Waals surface area contributed by atoms with E-state index in [2.05, 4.69) is 10.2 Å². The maximum atomic E-state index is 11.4. The number of nitrogens with zero attached hydrogens (tertiary/aromatic N) is 4. The molecule has 32 heavy (non-hydrogen) atoms. The zero-order valence-corrected chi connectivity index (χ0v) is 17.7. The quantitative estimate of drug-likeness (QED) is 0.234. The third-order valence-corrected chi connectivity index (χ3v) is 6.00. The zero-order chi connectivity index (χ0) is 21.9. The first-order chi connectivity index (χ1) is 15.7. The van der Waals surface area contributed by atoms with Gasteiger partial charge < -0.3 is 9.47 Å². The van der Waals surface area contributed by atoms with E-state index in [1.165, 1.54) is 17.8 Å². The van der Waals surface area contributed by atoms with Gasteiger partial charge in [-0.15, -0.1) is 10.2 Å². The molecule has 1 aliphatic rings. The van der Waals surface area contributed by atoms with Crippen molar-refractivity contribution in [2.24, 2.45) is 0 Å². The molecule has 0 spiro atoms. The van der Waals surface area contributed by atoms with Crippen LogP contribution in [0.1, 0.15) is 11.1 Å². The van der Waals surface area contributed by atoms with Gasteiger partial charge in [0.05, 0.1) is 11.5 Å². The predicted octanol–water partition coefficient (Wildman–Crippen LogP) is 5.00. The summed E-state index contributed by atoms with van der Waals surface area (Å²) in [4.78, 5) is 11.0. The van der Waals surface area contributed by atoms with E-state index < -0.39 is 4.92 Å². The lowest BCUT2D eigenvalue weighted by Crippen LogP contribution is -2.13. The monoisotopic (exact) mass is 446 g/mol. The minimum Gasteiger partial charge on any atom is -0.467 e. The second-order valence-corrected chi connectivity index (χ2v) is 8.04. The van der Waals surface area contributed by atoms with Crippen LogP contribution in [0.2, 0.25) is 0 Å². The summed E-state index contributed by atoms with van der Waals surface area (Å²) < 4.78 is 13.0. The van der Waals surface area contributed by atoms with Gasteiger partial charge in [-0.25, -0.2) is 0 Å². The number of non-ortho nitro benzene ring substituents is 1. The largest absolute Gasteiger partial charge is 0.467 e. The number of fused-ring (bicyclic) bond motifs is 1. The lowest BCUT2D eigenvalue weighted by Gasteiger charge is -2.20. The Bertz CT molecular complexity index is 1260. The summed E-state index contributed by atoms with van der Waals surface area (Å²) in [6.07, 6.45) is 0. The topological polar surface area (TPSA) is 92.3 Å². The van der Waals surface area contributed by atoms with E-state index in [-0.39, 0.29) is 19.1 Å². The molecule has 160 valence electrons. The van der Waals surface area contributed by atoms with Gasteiger partial charge in [-0.05, 0) is 12.1 Å². The minimum atomic E-state index is -0.400. The summed E-state index contributed by atoms with van der Waals surface area (Å²) in [6.45, 7) is 0.411. The number of aromatic nitrogens is 3. The Morgan fingerprint density at radius 2 is 1.78 bits per heavy atom. The number of nitro groups is 1. The number of hydrogen-bond acceptors (Lipinski definition) is 7. The molecule has 0 N–H and O–H groups in total. The van der Waals surface area contributed by atoms with E-state index in [4.69, 9.17) is 9.47 Å². The smallest absolute Gasteiger partial charge is 0.270 e. The third kappa shape index (κ3) is 3.95. The SMILES string of the molecule is O=[N+]([O-])c1cc2c(c(CSc3nnc(-c4ccccc4)n3-c3ccccc3)c1)OCOC2. The van der Waals surface area contributed by atoms with Crippen molar-refractivity contribution in [3.05, 3.63) is 94.0 Å². The van der Waals surface area contributed by atoms with Crippen molar-refractivity contribution in [3.8, 4) is 22.8 Å². The third-order valence-electron chi connectivity index (χ3n) is 5.02. The average molecular weight is 446 g/mol. The molecule has 0 radical (unpaired) electrons. The molecule has 1 aliphatic heterocycles. The van der Waals surface area contributed by atoms with E-state index in [0.717, 1.165) is 22.6 Å². The lowest BCUT2D eigenvalue weighted by molar-refractivity contribution is -0.385. The second-order valence-electron chi connectivity index (χ2n) is 7.09. The number of ether oxygens (including phenoxy) is 2. The van der Waals surface area contributed by atoms with Crippen LogP contribution in [0, 0.1) is 10.1 Å². The van der Waals surface area contributed by atoms with Crippen molar-refractivity contribution in [1.29, 1.82) is 0 Å². The fourth-order valence-electron chi connectivity index (χ4n) is 3.58. The molecular formula is C23H18N4O4S. The maximum absolute atomic E-state index is 11.4. The Morgan fingerprint density at radius 3 is 2.53 bits per heavy atom. The zero-order valence-electron chi connectivity index (χ0n) is 16.9. The summed E-state index contributed by atoms with van der Waals surface area (Å²) >= 11 is 1.45. The van der Waals surface area contributed by atoms with E-state index in [1.54, 1.807) is 6.07 Å². The van der Waals surface area contributed by atoms with Crippen LogP contribution in [-0.4, -0.2) is 26.5 Å². The normalized spacial score (nSPS) is 12.8. The van der Waals surface area contributed by atoms with Crippen molar-refractivity contribution in [1.82, 2.24) is 14.8 Å². The average Bonchev–Trinajstić information content (AvgIpc) is 3.27. The molecule has 1 aromatic heterocycles. The van der Waals surface area contributed by atoms with Gasteiger partial charge in [-0.1, -0.05) is 60.3 Å². The van der Waals surface area contributed by atoms with Crippen molar-refractivity contribution in [3.63, 3.8) is 0 Å². The maximum Gasteiger partial charge on any atom is 0.270 e. The molecule has 0 aliphatic carbocycles. The van der Waals surface area contributed by atoms with Crippen LogP contribution in [0.4, 0.5) is 5.69 Å². The van der Waals surface area contributed by atoms with E-state index in [1.807, 2.05) is 65.2 Å². The molecule has 5 rings (SSSR count). The number of benzene rings is 3. The summed E-state index contributed by atoms with van der Waals surface area (Å²) in [5, 5.41) is 21.0. The van der Waals surface area contributed by atoms with Crippen molar-refractivity contribution >= 4 is 17.4 Å². The van der Waals surface area contributed by atoms with Gasteiger partial charge in [0.2, 0.25) is 0 Å². The lowest BCUT2D eigenvalue weighted by atomic mass is 10.1. The molecule has 0 saturated carbocycles. The molecule has 2 heterocycles. The van der Waals surface area contributed by atoms with Crippen LogP contribution < -0.4 is 4.74 Å². The molecule has 3 aromatic carbocycles. The number of rotatable bonds is 6. The molecule has 8 nitrogen and oxygen atoms in total. The molecule has 0 atom stereocenters. The van der Waals surface area contributed by atoms with Crippen LogP contribution in [-0.2, 0) is 17.1 Å². The van der Waals surface area contributed by atoms with Gasteiger partial charge in [-0.3, -0.25) is 14.7 Å². The van der Waals surface area contributed by atoms with E-state index >= 15 is 0 Å². The summed E-state index contributed by atoms with van der Waals surface area (Å²) in [5.41, 5.74) is 3.30. The summed E-state index contributed by atoms with van der Waals surface area (Å²) in [7, 11) is 0. The molecule has 4 aromatic rings. The van der Waals surface area contributed by atoms with Gasteiger partial charge in [0.25, 0.3) is 5.69 Å². The highest BCUT2D eigenvalue weighted by atomic mass is 32.2. The van der Waals surface area contributed by atoms with Crippen molar-refractivity contribution in [2.75, 3.05) is 6.79 Å². The Morgan fingerprint density at radius 1 is 1.03 bits per heavy atom. The first-order valence-corrected chi connectivity index (χ1v) is 10.9. The first kappa shape index (κ1) is 20.2. The standard InChI is InChI=1S/C23H18N4O4S/c28-27(29)20-11-17-13-30-15-31-21(17)18(12-20)14-32-23-25-24-22(16-7-3-1-4-8-16)26(23)19-9-5-2-6-10-19/h1-12H,13-15H2. The highest BCUT2D eigenvalue weighted by Gasteiger charge is 2.22. The second kappa shape index (κ2) is 8.81. The fourth-order valence-corrected chi connectivity index (χ4v) is 4.50. The van der Waals surface area contributed by atoms with Gasteiger partial charge in [-0.2, -0.15) is 0 Å². The van der Waals surface area contributed by atoms with Crippen LogP contribution in [0.15, 0.2) is 78.0 Å². The van der Waals surface area contributed by atoms with Crippen molar-refractivity contribution < 1.29 is 14.4 Å². The van der Waals surface area contributed by atoms with Gasteiger partial charge in [0.15, 0.2) is 17.8 Å². The predicted molar refractivity (Wildman–Crippen MR) is 120 cm³/mol. The van der Waals surface area contributed by atoms with Crippen LogP contribution in [0.25, 0.3) is 17.1 Å². The van der Waals surface area contributed by atoms with Crippen LogP contribution in [0.3, 0.4) is 0 Å². The molecule has 9 heteroatoms. The Balaban J connectivity index is 1.53. The number of thioether (sulfide) groups is 1. The summed E-state index contributed by atoms with van der Waals surface area (Å²) in [6, 6.07) is 22.8. The Kier molecular flexibility index (Phi) is 5.57. The molecule has 0 bridgehead atoms. The van der Waals surface area contributed by atoms with Crippen molar-refractivity contribution in [2.45, 2.75) is 17.5 Å². The van der Waals surface area contributed by atoms with Crippen LogP contribution in [0.5, 0.6) is 5.75 Å². The van der Waals surface area contributed by atoms with Gasteiger partial charge in [0.1, 0.15) is 5.75 Å². The van der Waals surface area contributed by atoms with Crippen LogP contribution >= 0.6 is 11.8 Å². The van der Waals surface area contributed by atoms with Gasteiger partial charge >= 0.3 is 0 Å². The molecular weight excluding hydrogens is 428 g/mol. The first-order valence-electron chi connectivity index (χ1n) is 9.90. The molecule has 0 fully saturated rings. The summed E-state index contributed by atoms with van der Waals surface area (Å²) in [5.74, 6) is 1.80.